The Hall–Kier alpha value is -4.70. The number of rotatable bonds is 14. The number of hydrogen-bond acceptors (Lipinski definition) is 5. The molecule has 242 valence electrons. The maximum atomic E-state index is 14.5. The molecular weight excluding hydrogens is 605 g/mol. The van der Waals surface area contributed by atoms with Crippen molar-refractivity contribution in [3.05, 3.63) is 126 Å². The van der Waals surface area contributed by atoms with Crippen LogP contribution in [0.3, 0.4) is 0 Å². The van der Waals surface area contributed by atoms with Gasteiger partial charge in [-0.25, -0.2) is 12.8 Å². The first-order valence-electron chi connectivity index (χ1n) is 15.1. The quantitative estimate of drug-likeness (QED) is 0.189. The van der Waals surface area contributed by atoms with E-state index < -0.39 is 34.3 Å². The average Bonchev–Trinajstić information content (AvgIpc) is 3.05. The number of aryl methyl sites for hydroxylation is 1. The molecule has 4 aromatic rings. The number of ether oxygens (including phenoxy) is 1. The molecule has 0 radical (unpaired) electrons. The van der Waals surface area contributed by atoms with Gasteiger partial charge in [-0.2, -0.15) is 0 Å². The van der Waals surface area contributed by atoms with Crippen LogP contribution in [0.15, 0.2) is 108 Å². The second kappa shape index (κ2) is 15.5. The van der Waals surface area contributed by atoms with Gasteiger partial charge in [-0.3, -0.25) is 13.9 Å². The van der Waals surface area contributed by atoms with E-state index in [9.17, 15) is 22.4 Å². The maximum Gasteiger partial charge on any atom is 0.264 e. The molecule has 0 saturated carbocycles. The number of hydrogen-bond donors (Lipinski definition) is 1. The first kappa shape index (κ1) is 34.2. The molecule has 0 saturated heterocycles. The molecule has 8 nitrogen and oxygen atoms in total. The van der Waals surface area contributed by atoms with Gasteiger partial charge in [0.1, 0.15) is 24.2 Å². The molecule has 0 aliphatic carbocycles. The van der Waals surface area contributed by atoms with Crippen molar-refractivity contribution < 1.29 is 27.1 Å². The number of nitrogens with zero attached hydrogens (tertiary/aromatic N) is 2. The zero-order valence-electron chi connectivity index (χ0n) is 26.5. The van der Waals surface area contributed by atoms with Crippen molar-refractivity contribution in [1.82, 2.24) is 10.2 Å². The van der Waals surface area contributed by atoms with E-state index in [0.29, 0.717) is 17.9 Å². The molecule has 0 bridgehead atoms. The van der Waals surface area contributed by atoms with Gasteiger partial charge in [-0.1, -0.05) is 74.0 Å². The lowest BCUT2D eigenvalue weighted by Gasteiger charge is -2.34. The number of sulfonamides is 1. The van der Waals surface area contributed by atoms with Gasteiger partial charge in [0.2, 0.25) is 11.8 Å². The van der Waals surface area contributed by atoms with Crippen LogP contribution in [0.5, 0.6) is 5.75 Å². The van der Waals surface area contributed by atoms with E-state index in [1.54, 1.807) is 49.6 Å². The number of anilines is 1. The fraction of sp³-hybridized carbons (Fsp3) is 0.278. The third-order valence-electron chi connectivity index (χ3n) is 7.45. The summed E-state index contributed by atoms with van der Waals surface area (Å²) in [6, 6.07) is 26.8. The van der Waals surface area contributed by atoms with E-state index in [-0.39, 0.29) is 35.4 Å². The molecular formula is C36H40FN3O5S. The third-order valence-corrected chi connectivity index (χ3v) is 9.23. The number of carbonyl (C=O) groups is 2. The molecule has 46 heavy (non-hydrogen) atoms. The molecule has 0 spiro atoms. The Morgan fingerprint density at radius 1 is 0.870 bits per heavy atom. The average molecular weight is 646 g/mol. The zero-order valence-corrected chi connectivity index (χ0v) is 27.3. The minimum atomic E-state index is -4.32. The summed E-state index contributed by atoms with van der Waals surface area (Å²) in [5.74, 6) is -0.778. The molecule has 0 unspecified atom stereocenters. The monoisotopic (exact) mass is 645 g/mol. The summed E-state index contributed by atoms with van der Waals surface area (Å²) in [5, 5.41) is 2.97. The molecule has 1 atom stereocenters. The van der Waals surface area contributed by atoms with E-state index in [4.69, 9.17) is 4.74 Å². The van der Waals surface area contributed by atoms with Gasteiger partial charge in [0.25, 0.3) is 10.0 Å². The Bertz CT molecular complexity index is 1710. The van der Waals surface area contributed by atoms with Crippen LogP contribution in [-0.4, -0.2) is 51.4 Å². The van der Waals surface area contributed by atoms with Crippen LogP contribution in [0.2, 0.25) is 0 Å². The van der Waals surface area contributed by atoms with Crippen molar-refractivity contribution in [3.63, 3.8) is 0 Å². The van der Waals surface area contributed by atoms with Crippen LogP contribution in [0.4, 0.5) is 10.1 Å². The number of carbonyl (C=O) groups excluding carboxylic acids is 2. The number of nitrogens with one attached hydrogen (secondary N) is 1. The molecule has 1 N–H and O–H groups in total. The van der Waals surface area contributed by atoms with Crippen LogP contribution in [0, 0.1) is 18.7 Å². The predicted octanol–water partition coefficient (Wildman–Crippen LogP) is 5.75. The molecule has 0 aromatic heterocycles. The lowest BCUT2D eigenvalue weighted by molar-refractivity contribution is -0.140. The minimum Gasteiger partial charge on any atom is -0.497 e. The highest BCUT2D eigenvalue weighted by atomic mass is 32.2. The van der Waals surface area contributed by atoms with Crippen LogP contribution < -0.4 is 14.4 Å². The summed E-state index contributed by atoms with van der Waals surface area (Å²) < 4.78 is 48.2. The molecule has 0 aliphatic heterocycles. The second-order valence-corrected chi connectivity index (χ2v) is 13.4. The molecule has 4 aromatic carbocycles. The van der Waals surface area contributed by atoms with Gasteiger partial charge in [-0.05, 0) is 72.5 Å². The smallest absolute Gasteiger partial charge is 0.264 e. The van der Waals surface area contributed by atoms with Crippen molar-refractivity contribution in [1.29, 1.82) is 0 Å². The highest BCUT2D eigenvalue weighted by Gasteiger charge is 2.34. The maximum absolute atomic E-state index is 14.5. The molecule has 0 aliphatic rings. The normalized spacial score (nSPS) is 12.0. The summed E-state index contributed by atoms with van der Waals surface area (Å²) in [6.07, 6.45) is 0.204. The number of halogens is 1. The van der Waals surface area contributed by atoms with E-state index in [0.717, 1.165) is 27.6 Å². The first-order valence-corrected chi connectivity index (χ1v) is 16.5. The Labute approximate surface area is 270 Å². The fourth-order valence-corrected chi connectivity index (χ4v) is 6.33. The number of amides is 2. The zero-order chi connectivity index (χ0) is 33.3. The lowest BCUT2D eigenvalue weighted by atomic mass is 10.0. The van der Waals surface area contributed by atoms with Crippen LogP contribution in [0.25, 0.3) is 0 Å². The summed E-state index contributed by atoms with van der Waals surface area (Å²) in [6.45, 7) is 5.64. The minimum absolute atomic E-state index is 0.0148. The van der Waals surface area contributed by atoms with Gasteiger partial charge >= 0.3 is 0 Å². The third kappa shape index (κ3) is 8.94. The van der Waals surface area contributed by atoms with Gasteiger partial charge in [0.15, 0.2) is 0 Å². The van der Waals surface area contributed by atoms with Crippen molar-refractivity contribution in [2.45, 2.75) is 44.7 Å². The predicted molar refractivity (Wildman–Crippen MR) is 177 cm³/mol. The van der Waals surface area contributed by atoms with E-state index in [1.807, 2.05) is 57.2 Å². The van der Waals surface area contributed by atoms with E-state index in [1.165, 1.54) is 17.0 Å². The van der Waals surface area contributed by atoms with Gasteiger partial charge in [0.05, 0.1) is 17.7 Å². The number of benzene rings is 4. The van der Waals surface area contributed by atoms with Gasteiger partial charge in [-0.15, -0.1) is 0 Å². The Morgan fingerprint density at radius 2 is 1.52 bits per heavy atom. The largest absolute Gasteiger partial charge is 0.497 e. The summed E-state index contributed by atoms with van der Waals surface area (Å²) in [7, 11) is -2.78. The van der Waals surface area contributed by atoms with Crippen LogP contribution in [-0.2, 0) is 32.6 Å². The molecule has 2 amide bonds. The summed E-state index contributed by atoms with van der Waals surface area (Å²) in [4.78, 5) is 29.6. The van der Waals surface area contributed by atoms with E-state index >= 15 is 0 Å². The van der Waals surface area contributed by atoms with Crippen molar-refractivity contribution in [3.8, 4) is 5.75 Å². The summed E-state index contributed by atoms with van der Waals surface area (Å²) >= 11 is 0. The van der Waals surface area contributed by atoms with E-state index in [2.05, 4.69) is 5.32 Å². The second-order valence-electron chi connectivity index (χ2n) is 11.5. The van der Waals surface area contributed by atoms with Crippen LogP contribution in [0.1, 0.15) is 30.5 Å². The topological polar surface area (TPSA) is 96.0 Å². The Balaban J connectivity index is 1.80. The summed E-state index contributed by atoms with van der Waals surface area (Å²) in [5.41, 5.74) is 2.70. The fourth-order valence-electron chi connectivity index (χ4n) is 4.92. The van der Waals surface area contributed by atoms with Crippen LogP contribution >= 0.6 is 0 Å². The number of methoxy groups -OCH3 is 1. The van der Waals surface area contributed by atoms with Crippen molar-refractivity contribution in [2.75, 3.05) is 24.5 Å². The standard InChI is InChI=1S/C36H40FN3O5S/c1-26(2)23-38-36(42)34(22-28-9-6-5-7-10-28)39(24-29-11-8-12-32(21-29)45-4)35(41)25-40(31-17-13-27(3)14-18-31)46(43,44)33-19-15-30(37)16-20-33/h5-21,26,34H,22-25H2,1-4H3,(H,38,42)/t34-/m0/s1. The SMILES string of the molecule is COc1cccc(CN(C(=O)CN(c2ccc(C)cc2)S(=O)(=O)c2ccc(F)cc2)[C@@H](Cc2ccccc2)C(=O)NCC(C)C)c1. The van der Waals surface area contributed by atoms with Gasteiger partial charge < -0.3 is 15.0 Å². The highest BCUT2D eigenvalue weighted by Crippen LogP contribution is 2.26. The van der Waals surface area contributed by atoms with Crippen molar-refractivity contribution in [2.24, 2.45) is 5.92 Å². The Kier molecular flexibility index (Phi) is 11.5. The molecule has 0 fully saturated rings. The first-order chi connectivity index (χ1) is 22.0. The Morgan fingerprint density at radius 3 is 2.15 bits per heavy atom. The van der Waals surface area contributed by atoms with Crippen molar-refractivity contribution >= 4 is 27.5 Å². The lowest BCUT2D eigenvalue weighted by Crippen LogP contribution is -2.53. The molecule has 0 heterocycles. The highest BCUT2D eigenvalue weighted by molar-refractivity contribution is 7.92. The molecule has 4 rings (SSSR count). The molecule has 10 heteroatoms. The van der Waals surface area contributed by atoms with Gasteiger partial charge in [0, 0.05) is 19.5 Å².